The minimum Gasteiger partial charge on any atom is -0.481 e. The molecule has 0 saturated carbocycles. The molecule has 38 heavy (non-hydrogen) atoms. The van der Waals surface area contributed by atoms with E-state index in [2.05, 4.69) is 25.5 Å². The number of carbonyl (C=O) groups excluding carboxylic acids is 2. The monoisotopic (exact) mass is 536 g/mol. The van der Waals surface area contributed by atoms with Gasteiger partial charge in [-0.05, 0) is 36.8 Å². The van der Waals surface area contributed by atoms with Crippen molar-refractivity contribution in [3.05, 3.63) is 42.6 Å². The third-order valence-electron chi connectivity index (χ3n) is 7.03. The molecule has 198 valence electrons. The van der Waals surface area contributed by atoms with Crippen molar-refractivity contribution in [2.24, 2.45) is 0 Å². The molecule has 2 saturated heterocycles. The number of rotatable bonds is 7. The number of aromatic nitrogens is 2. The number of β-amino-alcohol motifs (C(OH)–C–C–N with tert-alkyl or cyclic N) is 1. The molecular weight excluding hydrogens is 508 g/mol. The number of nitrogens with zero attached hydrogens (tertiary/aromatic N) is 4. The van der Waals surface area contributed by atoms with Gasteiger partial charge >= 0.3 is 6.09 Å². The van der Waals surface area contributed by atoms with Crippen molar-refractivity contribution in [3.8, 4) is 5.88 Å². The van der Waals surface area contributed by atoms with Crippen molar-refractivity contribution < 1.29 is 24.2 Å². The molecular formula is C26H28N6O5S. The molecule has 11 nitrogen and oxygen atoms in total. The number of benzene rings is 1. The lowest BCUT2D eigenvalue weighted by molar-refractivity contribution is -0.113. The number of fused-ring (bicyclic) bond motifs is 2. The van der Waals surface area contributed by atoms with Crippen LogP contribution >= 0.6 is 11.8 Å². The first-order chi connectivity index (χ1) is 18.4. The van der Waals surface area contributed by atoms with Gasteiger partial charge in [-0.3, -0.25) is 14.7 Å². The molecule has 2 aromatic heterocycles. The Morgan fingerprint density at radius 2 is 2.18 bits per heavy atom. The number of hydrogen-bond donors (Lipinski definition) is 3. The van der Waals surface area contributed by atoms with Crippen LogP contribution in [0.15, 0.2) is 47.5 Å². The maximum Gasteiger partial charge on any atom is 0.414 e. The van der Waals surface area contributed by atoms with Crippen molar-refractivity contribution in [2.75, 3.05) is 60.7 Å². The Balaban J connectivity index is 1.06. The second kappa shape index (κ2) is 9.93. The summed E-state index contributed by atoms with van der Waals surface area (Å²) in [5.74, 6) is 0.852. The lowest BCUT2D eigenvalue weighted by atomic mass is 10.0. The van der Waals surface area contributed by atoms with Gasteiger partial charge in [0.1, 0.15) is 11.6 Å². The largest absolute Gasteiger partial charge is 0.481 e. The predicted molar refractivity (Wildman–Crippen MR) is 144 cm³/mol. The first-order valence-corrected chi connectivity index (χ1v) is 13.4. The second-order valence-corrected chi connectivity index (χ2v) is 10.7. The highest BCUT2D eigenvalue weighted by molar-refractivity contribution is 8.00. The molecule has 3 N–H and O–H groups in total. The molecule has 0 spiro atoms. The van der Waals surface area contributed by atoms with Crippen LogP contribution in [0.1, 0.15) is 6.42 Å². The smallest absolute Gasteiger partial charge is 0.414 e. The van der Waals surface area contributed by atoms with E-state index in [9.17, 15) is 14.7 Å². The fraction of sp³-hybridized carbons (Fsp3) is 0.385. The summed E-state index contributed by atoms with van der Waals surface area (Å²) in [6.07, 6.45) is 1.55. The van der Waals surface area contributed by atoms with Gasteiger partial charge in [0, 0.05) is 49.0 Å². The zero-order valence-corrected chi connectivity index (χ0v) is 21.7. The van der Waals surface area contributed by atoms with E-state index < -0.39 is 11.7 Å². The number of carbonyl (C=O) groups is 2. The van der Waals surface area contributed by atoms with Gasteiger partial charge in [-0.1, -0.05) is 0 Å². The first-order valence-electron chi connectivity index (χ1n) is 12.4. The summed E-state index contributed by atoms with van der Waals surface area (Å²) in [5.41, 5.74) is 2.86. The van der Waals surface area contributed by atoms with Gasteiger partial charge in [0.25, 0.3) is 0 Å². The van der Waals surface area contributed by atoms with Gasteiger partial charge in [-0.2, -0.15) is 0 Å². The molecule has 2 amide bonds. The van der Waals surface area contributed by atoms with Gasteiger partial charge in [0.2, 0.25) is 11.8 Å². The van der Waals surface area contributed by atoms with Crippen LogP contribution < -0.4 is 25.2 Å². The van der Waals surface area contributed by atoms with E-state index in [4.69, 9.17) is 9.47 Å². The van der Waals surface area contributed by atoms with E-state index >= 15 is 0 Å². The highest BCUT2D eigenvalue weighted by Gasteiger charge is 2.38. The topological polar surface area (TPSA) is 129 Å². The number of methoxy groups -OCH3 is 1. The number of pyridine rings is 2. The Morgan fingerprint density at radius 3 is 3.05 bits per heavy atom. The Morgan fingerprint density at radius 1 is 1.29 bits per heavy atom. The third kappa shape index (κ3) is 4.82. The average molecular weight is 537 g/mol. The maximum atomic E-state index is 12.6. The molecule has 0 unspecified atom stereocenters. The van der Waals surface area contributed by atoms with E-state index in [1.807, 2.05) is 24.3 Å². The number of cyclic esters (lactones) is 1. The summed E-state index contributed by atoms with van der Waals surface area (Å²) in [4.78, 5) is 37.9. The van der Waals surface area contributed by atoms with Gasteiger partial charge in [-0.25, -0.2) is 9.78 Å². The molecule has 5 heterocycles. The minimum absolute atomic E-state index is 0.0535. The number of aliphatic hydroxyl groups is 1. The van der Waals surface area contributed by atoms with Crippen LogP contribution in [0, 0.1) is 0 Å². The minimum atomic E-state index is -0.939. The Hall–Kier alpha value is -3.61. The van der Waals surface area contributed by atoms with E-state index in [0.29, 0.717) is 62.2 Å². The summed E-state index contributed by atoms with van der Waals surface area (Å²) in [7, 11) is 1.58. The summed E-state index contributed by atoms with van der Waals surface area (Å²) >= 11 is 1.48. The molecule has 12 heteroatoms. The van der Waals surface area contributed by atoms with Crippen molar-refractivity contribution >= 4 is 51.9 Å². The van der Waals surface area contributed by atoms with Crippen LogP contribution in [0.5, 0.6) is 5.88 Å². The van der Waals surface area contributed by atoms with Gasteiger partial charge < -0.3 is 30.1 Å². The third-order valence-corrected chi connectivity index (χ3v) is 8.10. The lowest BCUT2D eigenvalue weighted by Crippen LogP contribution is -2.45. The molecule has 2 fully saturated rings. The Bertz CT molecular complexity index is 1410. The van der Waals surface area contributed by atoms with Crippen molar-refractivity contribution in [1.82, 2.24) is 15.3 Å². The highest BCUT2D eigenvalue weighted by atomic mass is 32.2. The predicted octanol–water partition coefficient (Wildman–Crippen LogP) is 2.24. The Kier molecular flexibility index (Phi) is 6.46. The Labute approximate surface area is 223 Å². The maximum absolute atomic E-state index is 12.6. The molecule has 0 bridgehead atoms. The van der Waals surface area contributed by atoms with E-state index in [0.717, 1.165) is 21.6 Å². The van der Waals surface area contributed by atoms with Crippen molar-refractivity contribution in [3.63, 3.8) is 0 Å². The van der Waals surface area contributed by atoms with Gasteiger partial charge in [-0.15, -0.1) is 11.8 Å². The highest BCUT2D eigenvalue weighted by Crippen LogP contribution is 2.36. The first kappa shape index (κ1) is 24.7. The van der Waals surface area contributed by atoms with Crippen LogP contribution in [0.3, 0.4) is 0 Å². The number of amides is 2. The molecule has 0 radical (unpaired) electrons. The van der Waals surface area contributed by atoms with Crippen LogP contribution in [0.2, 0.25) is 0 Å². The molecule has 3 aliphatic heterocycles. The number of ether oxygens (including phenoxy) is 2. The second-order valence-electron chi connectivity index (χ2n) is 9.71. The van der Waals surface area contributed by atoms with Gasteiger partial charge in [0.15, 0.2) is 0 Å². The molecule has 0 aliphatic carbocycles. The van der Waals surface area contributed by atoms with Gasteiger partial charge in [0.05, 0.1) is 41.9 Å². The fourth-order valence-electron chi connectivity index (χ4n) is 5.11. The number of nitrogens with one attached hydrogen (secondary N) is 2. The van der Waals surface area contributed by atoms with E-state index in [1.165, 1.54) is 11.8 Å². The molecule has 3 aromatic rings. The van der Waals surface area contributed by atoms with E-state index in [-0.39, 0.29) is 12.0 Å². The average Bonchev–Trinajstić information content (AvgIpc) is 3.49. The fourth-order valence-corrected chi connectivity index (χ4v) is 5.90. The quantitative estimate of drug-likeness (QED) is 0.413. The SMILES string of the molecule is COc1ccc2nccc(N3CC[C@](O)(CNC[C@@H]4CN(c5ccc6c(c5)NC(=O)CS6)C(=O)O4)C3)c2n1. The molecule has 3 aliphatic rings. The van der Waals surface area contributed by atoms with Crippen LogP contribution in [0.25, 0.3) is 11.0 Å². The zero-order valence-electron chi connectivity index (χ0n) is 20.8. The molecule has 1 aromatic carbocycles. The molecule has 6 rings (SSSR count). The van der Waals surface area contributed by atoms with Crippen LogP contribution in [0.4, 0.5) is 21.9 Å². The number of thioether (sulfide) groups is 1. The van der Waals surface area contributed by atoms with E-state index in [1.54, 1.807) is 30.3 Å². The normalized spacial score (nSPS) is 22.9. The number of anilines is 3. The summed E-state index contributed by atoms with van der Waals surface area (Å²) in [6, 6.07) is 11.1. The molecule has 2 atom stereocenters. The van der Waals surface area contributed by atoms with Crippen molar-refractivity contribution in [1.29, 1.82) is 0 Å². The van der Waals surface area contributed by atoms with Crippen LogP contribution in [-0.4, -0.2) is 84.4 Å². The number of hydrogen-bond acceptors (Lipinski definition) is 10. The lowest BCUT2D eigenvalue weighted by Gasteiger charge is -2.25. The zero-order chi connectivity index (χ0) is 26.3. The van der Waals surface area contributed by atoms with Crippen molar-refractivity contribution in [2.45, 2.75) is 23.0 Å². The summed E-state index contributed by atoms with van der Waals surface area (Å²) in [5, 5.41) is 17.4. The summed E-state index contributed by atoms with van der Waals surface area (Å²) in [6.45, 7) is 2.27. The standard InChI is InChI=1S/C26H28N6O5S/c1-36-23-5-3-18-24(30-23)20(6-8-28-18)31-9-7-26(35,15-31)14-27-11-17-12-32(25(34)37-17)16-2-4-21-19(10-16)29-22(33)13-38-21/h2-6,8,10,17,27,35H,7,9,11-15H2,1H3,(H,29,33)/t17-,26+/m1/s1. The summed E-state index contributed by atoms with van der Waals surface area (Å²) < 4.78 is 10.8. The van der Waals surface area contributed by atoms with Crippen LogP contribution in [-0.2, 0) is 9.53 Å².